The Morgan fingerprint density at radius 2 is 1.80 bits per heavy atom. The third-order valence-electron chi connectivity index (χ3n) is 9.67. The quantitative estimate of drug-likeness (QED) is 0.518. The topological polar surface area (TPSA) is 111 Å². The lowest BCUT2D eigenvalue weighted by molar-refractivity contribution is -0.149. The maximum absolute atomic E-state index is 14.4. The highest BCUT2D eigenvalue weighted by Gasteiger charge is 2.57. The van der Waals surface area contributed by atoms with Gasteiger partial charge in [-0.2, -0.15) is 0 Å². The Morgan fingerprint density at radius 1 is 1.05 bits per heavy atom. The summed E-state index contributed by atoms with van der Waals surface area (Å²) in [4.78, 5) is 45.5. The van der Waals surface area contributed by atoms with Gasteiger partial charge < -0.3 is 25.4 Å². The van der Waals surface area contributed by atoms with Gasteiger partial charge in [0, 0.05) is 31.6 Å². The van der Waals surface area contributed by atoms with Gasteiger partial charge in [0.25, 0.3) is 0 Å². The summed E-state index contributed by atoms with van der Waals surface area (Å²) in [5.74, 6) is 0.235. The van der Waals surface area contributed by atoms with Crippen molar-refractivity contribution in [1.82, 2.24) is 20.4 Å². The summed E-state index contributed by atoms with van der Waals surface area (Å²) in [6.45, 7) is 6.39. The molecule has 0 unspecified atom stereocenters. The third-order valence-corrected chi connectivity index (χ3v) is 9.67. The molecule has 218 valence electrons. The molecular formula is C31H44N4O5. The summed E-state index contributed by atoms with van der Waals surface area (Å²) >= 11 is 0. The number of hydrogen-bond acceptors (Lipinski definition) is 6. The largest absolute Gasteiger partial charge is 0.444 e. The number of hydrogen-bond donors (Lipinski definition) is 3. The fourth-order valence-electron chi connectivity index (χ4n) is 7.69. The van der Waals surface area contributed by atoms with Gasteiger partial charge in [0.1, 0.15) is 17.7 Å². The lowest BCUT2D eigenvalue weighted by atomic mass is 9.83. The van der Waals surface area contributed by atoms with Crippen LogP contribution in [0.4, 0.5) is 4.79 Å². The van der Waals surface area contributed by atoms with E-state index < -0.39 is 35.9 Å². The molecular weight excluding hydrogens is 508 g/mol. The van der Waals surface area contributed by atoms with Crippen LogP contribution in [0.2, 0.25) is 0 Å². The first-order valence-corrected chi connectivity index (χ1v) is 15.2. The predicted octanol–water partition coefficient (Wildman–Crippen LogP) is 2.91. The number of alkyl carbamates (subject to hydrolysis) is 1. The summed E-state index contributed by atoms with van der Waals surface area (Å²) < 4.78 is 5.56. The van der Waals surface area contributed by atoms with E-state index in [9.17, 15) is 19.5 Å². The highest BCUT2D eigenvalue weighted by Crippen LogP contribution is 2.49. The lowest BCUT2D eigenvalue weighted by Crippen LogP contribution is -2.67. The molecule has 40 heavy (non-hydrogen) atoms. The van der Waals surface area contributed by atoms with Crippen molar-refractivity contribution >= 4 is 17.9 Å². The first-order chi connectivity index (χ1) is 19.1. The molecule has 1 aromatic carbocycles. The zero-order valence-corrected chi connectivity index (χ0v) is 24.0. The number of amides is 3. The average molecular weight is 553 g/mol. The number of nitrogens with zero attached hydrogens (tertiary/aromatic N) is 2. The highest BCUT2D eigenvalue weighted by molar-refractivity contribution is 5.92. The molecule has 2 heterocycles. The maximum Gasteiger partial charge on any atom is 0.408 e. The normalized spacial score (nSPS) is 32.5. The van der Waals surface area contributed by atoms with Crippen LogP contribution in [-0.4, -0.2) is 81.8 Å². The molecule has 6 rings (SSSR count). The predicted molar refractivity (Wildman–Crippen MR) is 149 cm³/mol. The van der Waals surface area contributed by atoms with Crippen LogP contribution in [0.15, 0.2) is 24.3 Å². The summed E-state index contributed by atoms with van der Waals surface area (Å²) in [5, 5.41) is 16.9. The van der Waals surface area contributed by atoms with E-state index in [0.717, 1.165) is 49.7 Å². The molecule has 0 radical (unpaired) electrons. The molecule has 3 amide bonds. The van der Waals surface area contributed by atoms with E-state index in [1.54, 1.807) is 4.90 Å². The molecule has 7 atom stereocenters. The minimum Gasteiger partial charge on any atom is -0.444 e. The highest BCUT2D eigenvalue weighted by atomic mass is 16.6. The molecule has 9 heteroatoms. The van der Waals surface area contributed by atoms with E-state index >= 15 is 0 Å². The number of carbonyl (C=O) groups is 3. The molecule has 2 saturated heterocycles. The summed E-state index contributed by atoms with van der Waals surface area (Å²) in [7, 11) is 0. The summed E-state index contributed by atoms with van der Waals surface area (Å²) in [6, 6.07) is 6.63. The van der Waals surface area contributed by atoms with Gasteiger partial charge >= 0.3 is 6.09 Å². The minimum absolute atomic E-state index is 0.0102. The molecule has 9 nitrogen and oxygen atoms in total. The molecule has 5 aliphatic rings. The molecule has 2 aliphatic heterocycles. The molecule has 0 aromatic heterocycles. The Morgan fingerprint density at radius 3 is 2.55 bits per heavy atom. The fourth-order valence-corrected chi connectivity index (χ4v) is 7.69. The first kappa shape index (κ1) is 27.5. The molecule has 1 aromatic rings. The van der Waals surface area contributed by atoms with Crippen LogP contribution in [0, 0.1) is 11.8 Å². The molecule has 0 spiro atoms. The van der Waals surface area contributed by atoms with Crippen molar-refractivity contribution in [3.63, 3.8) is 0 Å². The Bertz CT molecular complexity index is 1140. The second-order valence-electron chi connectivity index (χ2n) is 13.6. The van der Waals surface area contributed by atoms with Gasteiger partial charge in [0.2, 0.25) is 11.8 Å². The van der Waals surface area contributed by atoms with Gasteiger partial charge in [-0.3, -0.25) is 14.5 Å². The van der Waals surface area contributed by atoms with Crippen molar-refractivity contribution in [3.05, 3.63) is 35.4 Å². The number of piperazine rings is 1. The van der Waals surface area contributed by atoms with Crippen LogP contribution in [0.5, 0.6) is 0 Å². The zero-order chi connectivity index (χ0) is 28.2. The number of nitrogens with one attached hydrogen (secondary N) is 2. The van der Waals surface area contributed by atoms with Crippen molar-refractivity contribution in [2.45, 2.75) is 114 Å². The number of ether oxygens (including phenoxy) is 1. The van der Waals surface area contributed by atoms with Crippen LogP contribution < -0.4 is 10.6 Å². The Labute approximate surface area is 237 Å². The third kappa shape index (κ3) is 5.47. The first-order valence-electron chi connectivity index (χ1n) is 15.2. The van der Waals surface area contributed by atoms with Gasteiger partial charge in [-0.25, -0.2) is 4.79 Å². The summed E-state index contributed by atoms with van der Waals surface area (Å²) in [6.07, 6.45) is 6.31. The fraction of sp³-hybridized carbons (Fsp3) is 0.710. The van der Waals surface area contributed by atoms with E-state index in [4.69, 9.17) is 4.74 Å². The molecule has 3 aliphatic carbocycles. The second kappa shape index (κ2) is 10.6. The van der Waals surface area contributed by atoms with E-state index in [1.165, 1.54) is 6.42 Å². The number of piperidine rings is 1. The second-order valence-corrected chi connectivity index (χ2v) is 13.6. The minimum atomic E-state index is -0.731. The van der Waals surface area contributed by atoms with Crippen LogP contribution in [-0.2, 0) is 20.7 Å². The Hall–Kier alpha value is -2.65. The number of carbonyl (C=O) groups excluding carboxylic acids is 3. The number of aliphatic hydroxyl groups is 1. The molecule has 3 N–H and O–H groups in total. The maximum atomic E-state index is 14.4. The molecule has 4 fully saturated rings. The number of benzene rings is 1. The van der Waals surface area contributed by atoms with Crippen molar-refractivity contribution in [2.24, 2.45) is 11.8 Å². The van der Waals surface area contributed by atoms with E-state index in [-0.39, 0.29) is 23.8 Å². The smallest absolute Gasteiger partial charge is 0.408 e. The van der Waals surface area contributed by atoms with Crippen LogP contribution >= 0.6 is 0 Å². The van der Waals surface area contributed by atoms with Crippen molar-refractivity contribution in [2.75, 3.05) is 13.1 Å². The van der Waals surface area contributed by atoms with Crippen LogP contribution in [0.1, 0.15) is 82.9 Å². The monoisotopic (exact) mass is 552 g/mol. The Kier molecular flexibility index (Phi) is 7.32. The van der Waals surface area contributed by atoms with Crippen molar-refractivity contribution in [1.29, 1.82) is 0 Å². The van der Waals surface area contributed by atoms with Gasteiger partial charge in [0.05, 0.1) is 12.1 Å². The number of fused-ring (bicyclic) bond motifs is 4. The van der Waals surface area contributed by atoms with Crippen LogP contribution in [0.25, 0.3) is 0 Å². The van der Waals surface area contributed by atoms with Gasteiger partial charge in [-0.15, -0.1) is 0 Å². The van der Waals surface area contributed by atoms with Gasteiger partial charge in [-0.1, -0.05) is 43.5 Å². The Balaban J connectivity index is 1.25. The number of aliphatic hydroxyl groups excluding tert-OH is 1. The molecule has 0 bridgehead atoms. The summed E-state index contributed by atoms with van der Waals surface area (Å²) in [5.41, 5.74) is 1.29. The standard InChI is InChI=1S/C31H44N4O5/c1-31(2,3)40-30(39)33-26(18-9-5-4-6-10-18)29(38)35-16-21-13-20-14-23(20)34(21)17-24(35)28(37)32-27-22-12-8-7-11-19(22)15-25(27)36/h7-8,11-12,18,20-21,23-27,36H,4-6,9-10,13-17H2,1-3H3,(H,32,37)(H,33,39)/t20-,21+,23+,24-,25-,26-,27-/m0/s1. The van der Waals surface area contributed by atoms with E-state index in [2.05, 4.69) is 15.5 Å². The SMILES string of the molecule is CC(C)(C)OC(=O)N[C@H](C(=O)N1C[C@H]2C[C@H]3C[C@H]3N2C[C@H]1C(=O)N[C@H]1c2ccccc2C[C@@H]1O)C1CCCCC1. The van der Waals surface area contributed by atoms with Crippen LogP contribution in [0.3, 0.4) is 0 Å². The lowest BCUT2D eigenvalue weighted by Gasteiger charge is -2.46. The van der Waals surface area contributed by atoms with Gasteiger partial charge in [0.15, 0.2) is 0 Å². The zero-order valence-electron chi connectivity index (χ0n) is 24.0. The average Bonchev–Trinajstić information content (AvgIpc) is 3.49. The molecule has 2 saturated carbocycles. The van der Waals surface area contributed by atoms with Crippen molar-refractivity contribution in [3.8, 4) is 0 Å². The number of rotatable bonds is 5. The van der Waals surface area contributed by atoms with E-state index in [0.29, 0.717) is 31.5 Å². The van der Waals surface area contributed by atoms with Gasteiger partial charge in [-0.05, 0) is 69.4 Å². The van der Waals surface area contributed by atoms with Crippen molar-refractivity contribution < 1.29 is 24.2 Å². The van der Waals surface area contributed by atoms with E-state index in [1.807, 2.05) is 45.0 Å².